The fourth-order valence-corrected chi connectivity index (χ4v) is 2.57. The van der Waals surface area contributed by atoms with E-state index in [-0.39, 0.29) is 11.9 Å². The van der Waals surface area contributed by atoms with Crippen molar-refractivity contribution in [3.63, 3.8) is 0 Å². The first-order valence-corrected chi connectivity index (χ1v) is 6.60. The molecule has 1 aliphatic rings. The molecule has 19 heavy (non-hydrogen) atoms. The van der Waals surface area contributed by atoms with Crippen LogP contribution < -0.4 is 5.32 Å². The number of amides is 1. The maximum absolute atomic E-state index is 12.0. The first-order chi connectivity index (χ1) is 9.08. The van der Waals surface area contributed by atoms with Gasteiger partial charge >= 0.3 is 5.97 Å². The Balaban J connectivity index is 2.06. The summed E-state index contributed by atoms with van der Waals surface area (Å²) in [6, 6.07) is -0.285. The van der Waals surface area contributed by atoms with E-state index in [1.54, 1.807) is 17.9 Å². The molecule has 2 rings (SSSR count). The highest BCUT2D eigenvalue weighted by Gasteiger charge is 2.30. The Morgan fingerprint density at radius 2 is 2.11 bits per heavy atom. The molecule has 0 bridgehead atoms. The van der Waals surface area contributed by atoms with Crippen LogP contribution in [0.15, 0.2) is 12.4 Å². The molecule has 2 atom stereocenters. The minimum absolute atomic E-state index is 0.244. The number of aliphatic carboxylic acids is 1. The van der Waals surface area contributed by atoms with E-state index in [1.807, 2.05) is 0 Å². The summed E-state index contributed by atoms with van der Waals surface area (Å²) in [6.45, 7) is 0. The number of carboxylic acids is 1. The van der Waals surface area contributed by atoms with Crippen molar-refractivity contribution in [2.45, 2.75) is 38.1 Å². The van der Waals surface area contributed by atoms with E-state index >= 15 is 0 Å². The number of aryl methyl sites for hydroxylation is 1. The second-order valence-corrected chi connectivity index (χ2v) is 5.07. The number of hydrogen-bond donors (Lipinski definition) is 2. The van der Waals surface area contributed by atoms with Crippen LogP contribution >= 0.6 is 0 Å². The molecule has 1 fully saturated rings. The number of carbonyl (C=O) groups is 2. The van der Waals surface area contributed by atoms with Crippen molar-refractivity contribution >= 4 is 11.9 Å². The number of rotatable bonds is 3. The molecule has 1 aromatic heterocycles. The minimum Gasteiger partial charge on any atom is -0.481 e. The SMILES string of the molecule is Cn1cc(C(=O)NC2CCCCCC2C(=O)O)cn1. The van der Waals surface area contributed by atoms with Crippen molar-refractivity contribution in [2.75, 3.05) is 0 Å². The van der Waals surface area contributed by atoms with Crippen LogP contribution in [0.1, 0.15) is 42.5 Å². The summed E-state index contributed by atoms with van der Waals surface area (Å²) >= 11 is 0. The maximum atomic E-state index is 12.0. The van der Waals surface area contributed by atoms with Crippen molar-refractivity contribution in [3.05, 3.63) is 18.0 Å². The van der Waals surface area contributed by atoms with Crippen LogP contribution in [-0.2, 0) is 11.8 Å². The lowest BCUT2D eigenvalue weighted by Gasteiger charge is -2.22. The van der Waals surface area contributed by atoms with E-state index in [4.69, 9.17) is 0 Å². The zero-order valence-corrected chi connectivity index (χ0v) is 11.0. The molecule has 6 heteroatoms. The number of carboxylic acid groups (broad SMARTS) is 1. The van der Waals surface area contributed by atoms with Crippen LogP contribution in [0, 0.1) is 5.92 Å². The highest BCUT2D eigenvalue weighted by atomic mass is 16.4. The second-order valence-electron chi connectivity index (χ2n) is 5.07. The predicted molar refractivity (Wildman–Crippen MR) is 68.7 cm³/mol. The third-order valence-corrected chi connectivity index (χ3v) is 3.62. The third kappa shape index (κ3) is 3.33. The average Bonchev–Trinajstić information content (AvgIpc) is 2.65. The fourth-order valence-electron chi connectivity index (χ4n) is 2.57. The van der Waals surface area contributed by atoms with Crippen molar-refractivity contribution in [1.82, 2.24) is 15.1 Å². The molecule has 0 radical (unpaired) electrons. The van der Waals surface area contributed by atoms with Crippen molar-refractivity contribution in [3.8, 4) is 0 Å². The van der Waals surface area contributed by atoms with E-state index in [9.17, 15) is 14.7 Å². The summed E-state index contributed by atoms with van der Waals surface area (Å²) in [4.78, 5) is 23.3. The summed E-state index contributed by atoms with van der Waals surface area (Å²) in [7, 11) is 1.74. The molecule has 2 N–H and O–H groups in total. The number of aromatic nitrogens is 2. The van der Waals surface area contributed by atoms with Crippen LogP contribution in [0.4, 0.5) is 0 Å². The van der Waals surface area contributed by atoms with Gasteiger partial charge < -0.3 is 10.4 Å². The zero-order chi connectivity index (χ0) is 13.8. The van der Waals surface area contributed by atoms with Crippen molar-refractivity contribution in [2.24, 2.45) is 13.0 Å². The van der Waals surface area contributed by atoms with Crippen molar-refractivity contribution < 1.29 is 14.7 Å². The van der Waals surface area contributed by atoms with Gasteiger partial charge in [-0.1, -0.05) is 19.3 Å². The summed E-state index contributed by atoms with van der Waals surface area (Å²) in [6.07, 6.45) is 7.38. The van der Waals surface area contributed by atoms with Gasteiger partial charge in [0.05, 0.1) is 17.7 Å². The van der Waals surface area contributed by atoms with Crippen LogP contribution in [0.2, 0.25) is 0 Å². The normalized spacial score (nSPS) is 23.6. The predicted octanol–water partition coefficient (Wildman–Crippen LogP) is 1.18. The van der Waals surface area contributed by atoms with Gasteiger partial charge in [-0.3, -0.25) is 14.3 Å². The van der Waals surface area contributed by atoms with Gasteiger partial charge in [0.2, 0.25) is 0 Å². The molecule has 6 nitrogen and oxygen atoms in total. The molecular weight excluding hydrogens is 246 g/mol. The third-order valence-electron chi connectivity index (χ3n) is 3.62. The molecular formula is C13H19N3O3. The number of nitrogens with zero attached hydrogens (tertiary/aromatic N) is 2. The fraction of sp³-hybridized carbons (Fsp3) is 0.615. The molecule has 0 saturated heterocycles. The first kappa shape index (κ1) is 13.6. The Bertz CT molecular complexity index is 469. The van der Waals surface area contributed by atoms with Gasteiger partial charge in [0.1, 0.15) is 0 Å². The molecule has 0 aliphatic heterocycles. The average molecular weight is 265 g/mol. The van der Waals surface area contributed by atoms with Gasteiger partial charge in [-0.05, 0) is 12.8 Å². The van der Waals surface area contributed by atoms with Gasteiger partial charge in [0.15, 0.2) is 0 Å². The molecule has 2 unspecified atom stereocenters. The Labute approximate surface area is 111 Å². The van der Waals surface area contributed by atoms with Crippen LogP contribution in [0.3, 0.4) is 0 Å². The van der Waals surface area contributed by atoms with Gasteiger partial charge in [0, 0.05) is 19.3 Å². The van der Waals surface area contributed by atoms with Crippen molar-refractivity contribution in [1.29, 1.82) is 0 Å². The van der Waals surface area contributed by atoms with Crippen LogP contribution in [0.5, 0.6) is 0 Å². The number of carbonyl (C=O) groups excluding carboxylic acids is 1. The molecule has 1 aromatic rings. The molecule has 104 valence electrons. The second kappa shape index (κ2) is 5.86. The smallest absolute Gasteiger partial charge is 0.308 e. The van der Waals surface area contributed by atoms with Crippen LogP contribution in [-0.4, -0.2) is 32.8 Å². The maximum Gasteiger partial charge on any atom is 0.308 e. The zero-order valence-electron chi connectivity index (χ0n) is 11.0. The van der Waals surface area contributed by atoms with Gasteiger partial charge in [-0.15, -0.1) is 0 Å². The Morgan fingerprint density at radius 3 is 2.74 bits per heavy atom. The lowest BCUT2D eigenvalue weighted by Crippen LogP contribution is -2.42. The lowest BCUT2D eigenvalue weighted by molar-refractivity contribution is -0.142. The summed E-state index contributed by atoms with van der Waals surface area (Å²) in [5, 5.41) is 16.0. The van der Waals surface area contributed by atoms with E-state index in [0.29, 0.717) is 12.0 Å². The monoisotopic (exact) mass is 265 g/mol. The Hall–Kier alpha value is -1.85. The highest BCUT2D eigenvalue weighted by Crippen LogP contribution is 2.24. The summed E-state index contributed by atoms with van der Waals surface area (Å²) < 4.78 is 1.55. The minimum atomic E-state index is -0.821. The summed E-state index contributed by atoms with van der Waals surface area (Å²) in [5.74, 6) is -1.55. The first-order valence-electron chi connectivity index (χ1n) is 6.60. The Morgan fingerprint density at radius 1 is 1.37 bits per heavy atom. The topological polar surface area (TPSA) is 84.2 Å². The molecule has 1 heterocycles. The highest BCUT2D eigenvalue weighted by molar-refractivity contribution is 5.94. The molecule has 1 aliphatic carbocycles. The lowest BCUT2D eigenvalue weighted by atomic mass is 9.94. The molecule has 0 spiro atoms. The Kier molecular flexibility index (Phi) is 4.19. The van der Waals surface area contributed by atoms with Crippen LogP contribution in [0.25, 0.3) is 0 Å². The molecule has 0 aromatic carbocycles. The van der Waals surface area contributed by atoms with E-state index in [0.717, 1.165) is 25.7 Å². The molecule has 1 amide bonds. The number of nitrogens with one attached hydrogen (secondary N) is 1. The van der Waals surface area contributed by atoms with Gasteiger partial charge in [-0.25, -0.2) is 0 Å². The number of hydrogen-bond acceptors (Lipinski definition) is 3. The molecule has 1 saturated carbocycles. The van der Waals surface area contributed by atoms with E-state index in [2.05, 4.69) is 10.4 Å². The van der Waals surface area contributed by atoms with E-state index in [1.165, 1.54) is 6.20 Å². The largest absolute Gasteiger partial charge is 0.481 e. The van der Waals surface area contributed by atoms with Gasteiger partial charge in [-0.2, -0.15) is 5.10 Å². The summed E-state index contributed by atoms with van der Waals surface area (Å²) in [5.41, 5.74) is 0.468. The van der Waals surface area contributed by atoms with Gasteiger partial charge in [0.25, 0.3) is 5.91 Å². The quantitative estimate of drug-likeness (QED) is 0.804. The van der Waals surface area contributed by atoms with E-state index < -0.39 is 11.9 Å². The standard InChI is InChI=1S/C13H19N3O3/c1-16-8-9(7-14-16)12(17)15-11-6-4-2-3-5-10(11)13(18)19/h7-8,10-11H,2-6H2,1H3,(H,15,17)(H,18,19).